The van der Waals surface area contributed by atoms with Crippen LogP contribution < -0.4 is 0 Å². The molecule has 0 amide bonds. The van der Waals surface area contributed by atoms with E-state index in [1.165, 1.54) is 32.6 Å². The number of carbonyl (C=O) groups excluding carboxylic acids is 2. The summed E-state index contributed by atoms with van der Waals surface area (Å²) in [6, 6.07) is 0. The number of Topliss-reactive ketones (excluding diaryl/α,β-unsaturated/α-hetero) is 1. The van der Waals surface area contributed by atoms with Gasteiger partial charge in [0.2, 0.25) is 0 Å². The van der Waals surface area contributed by atoms with E-state index in [1.807, 2.05) is 0 Å². The Balaban J connectivity index is 3.16. The van der Waals surface area contributed by atoms with E-state index in [1.54, 1.807) is 0 Å². The summed E-state index contributed by atoms with van der Waals surface area (Å²) in [7, 11) is 0. The fourth-order valence-corrected chi connectivity index (χ4v) is 1.26. The Labute approximate surface area is 92.2 Å². The van der Waals surface area contributed by atoms with Crippen LogP contribution in [0.25, 0.3) is 0 Å². The topological polar surface area (TPSA) is 43.4 Å². The van der Waals surface area contributed by atoms with Crippen LogP contribution in [0.4, 0.5) is 0 Å². The molecule has 0 atom stereocenters. The Kier molecular flexibility index (Phi) is 9.13. The van der Waals surface area contributed by atoms with Crippen molar-refractivity contribution in [2.24, 2.45) is 0 Å². The molecule has 0 aromatic rings. The normalized spacial score (nSPS) is 10.0. The highest BCUT2D eigenvalue weighted by Crippen LogP contribution is 2.05. The Hall–Kier alpha value is -0.860. The Bertz CT molecular complexity index is 187. The molecule has 0 aromatic heterocycles. The molecule has 15 heavy (non-hydrogen) atoms. The van der Waals surface area contributed by atoms with Gasteiger partial charge in [-0.1, -0.05) is 39.0 Å². The van der Waals surface area contributed by atoms with Crippen LogP contribution in [0.15, 0.2) is 0 Å². The summed E-state index contributed by atoms with van der Waals surface area (Å²) in [5.74, 6) is -0.779. The molecule has 0 saturated heterocycles. The van der Waals surface area contributed by atoms with Crippen LogP contribution >= 0.6 is 0 Å². The molecule has 0 N–H and O–H groups in total. The predicted octanol–water partition coefficient (Wildman–Crippen LogP) is 2.68. The van der Waals surface area contributed by atoms with Gasteiger partial charge < -0.3 is 4.74 Å². The number of esters is 1. The zero-order chi connectivity index (χ0) is 11.5. The van der Waals surface area contributed by atoms with E-state index in [0.29, 0.717) is 6.61 Å². The van der Waals surface area contributed by atoms with Crippen molar-refractivity contribution in [3.63, 3.8) is 0 Å². The van der Waals surface area contributed by atoms with E-state index >= 15 is 0 Å². The molecule has 0 heterocycles. The quantitative estimate of drug-likeness (QED) is 0.336. The van der Waals surface area contributed by atoms with Gasteiger partial charge in [0.05, 0.1) is 6.61 Å². The predicted molar refractivity (Wildman–Crippen MR) is 59.3 cm³/mol. The third-order valence-electron chi connectivity index (χ3n) is 2.06. The molecule has 0 aliphatic rings. The van der Waals surface area contributed by atoms with Crippen LogP contribution in [0.5, 0.6) is 0 Å². The maximum atomic E-state index is 10.9. The molecule has 0 aliphatic heterocycles. The third-order valence-corrected chi connectivity index (χ3v) is 2.06. The molecule has 0 bridgehead atoms. The molecular formula is C12H21O3. The summed E-state index contributed by atoms with van der Waals surface area (Å²) in [5, 5.41) is 0. The van der Waals surface area contributed by atoms with Crippen molar-refractivity contribution in [2.45, 2.75) is 52.4 Å². The van der Waals surface area contributed by atoms with Crippen LogP contribution in [0.3, 0.4) is 0 Å². The number of rotatable bonds is 9. The first-order valence-electron chi connectivity index (χ1n) is 5.69. The highest BCUT2D eigenvalue weighted by atomic mass is 16.5. The molecule has 0 fully saturated rings. The van der Waals surface area contributed by atoms with Crippen molar-refractivity contribution in [3.8, 4) is 0 Å². The lowest BCUT2D eigenvalue weighted by Gasteiger charge is -2.03. The number of unbranched alkanes of at least 4 members (excludes halogenated alkanes) is 5. The van der Waals surface area contributed by atoms with Crippen LogP contribution in [-0.2, 0) is 14.3 Å². The minimum absolute atomic E-state index is 0.261. The van der Waals surface area contributed by atoms with Crippen molar-refractivity contribution in [1.82, 2.24) is 0 Å². The van der Waals surface area contributed by atoms with Gasteiger partial charge in [-0.3, -0.25) is 9.59 Å². The second-order valence-corrected chi connectivity index (χ2v) is 3.69. The summed E-state index contributed by atoms with van der Waals surface area (Å²) in [4.78, 5) is 21.4. The Morgan fingerprint density at radius 1 is 1.07 bits per heavy atom. The Morgan fingerprint density at radius 2 is 1.67 bits per heavy atom. The first kappa shape index (κ1) is 14.1. The van der Waals surface area contributed by atoms with Gasteiger partial charge in [-0.25, -0.2) is 0 Å². The number of ketones is 1. The van der Waals surface area contributed by atoms with Gasteiger partial charge in [0, 0.05) is 0 Å². The fourth-order valence-electron chi connectivity index (χ4n) is 1.26. The molecule has 0 rings (SSSR count). The molecular weight excluding hydrogens is 192 g/mol. The summed E-state index contributed by atoms with van der Waals surface area (Å²) in [6.45, 7) is 3.94. The van der Waals surface area contributed by atoms with E-state index in [4.69, 9.17) is 4.74 Å². The second kappa shape index (κ2) is 9.69. The fraction of sp³-hybridized carbons (Fsp3) is 0.750. The molecule has 0 aromatic carbocycles. The minimum atomic E-state index is -0.518. The van der Waals surface area contributed by atoms with E-state index in [9.17, 15) is 9.59 Å². The molecule has 0 saturated carbocycles. The van der Waals surface area contributed by atoms with Crippen LogP contribution in [0, 0.1) is 6.42 Å². The number of carbonyl (C=O) groups is 2. The lowest BCUT2D eigenvalue weighted by atomic mass is 10.1. The number of hydrogen-bond acceptors (Lipinski definition) is 3. The lowest BCUT2D eigenvalue weighted by Crippen LogP contribution is -2.10. The lowest BCUT2D eigenvalue weighted by molar-refractivity contribution is -0.140. The first-order valence-corrected chi connectivity index (χ1v) is 5.69. The molecule has 0 aliphatic carbocycles. The van der Waals surface area contributed by atoms with Crippen molar-refractivity contribution in [3.05, 3.63) is 6.42 Å². The average molecular weight is 213 g/mol. The summed E-state index contributed by atoms with van der Waals surface area (Å²) < 4.78 is 4.84. The summed E-state index contributed by atoms with van der Waals surface area (Å²) in [6.07, 6.45) is 7.93. The SMILES string of the molecule is CCCCCCCCOC(=O)[CH]C(C)=O. The van der Waals surface area contributed by atoms with Crippen LogP contribution in [0.1, 0.15) is 52.4 Å². The molecule has 87 valence electrons. The van der Waals surface area contributed by atoms with E-state index in [-0.39, 0.29) is 5.78 Å². The van der Waals surface area contributed by atoms with Crippen molar-refractivity contribution in [2.75, 3.05) is 6.61 Å². The monoisotopic (exact) mass is 213 g/mol. The highest BCUT2D eigenvalue weighted by Gasteiger charge is 2.06. The van der Waals surface area contributed by atoms with Crippen LogP contribution in [0.2, 0.25) is 0 Å². The first-order chi connectivity index (χ1) is 7.16. The maximum Gasteiger partial charge on any atom is 0.317 e. The molecule has 0 unspecified atom stereocenters. The van der Waals surface area contributed by atoms with E-state index < -0.39 is 5.97 Å². The second-order valence-electron chi connectivity index (χ2n) is 3.69. The molecule has 3 heteroatoms. The standard InChI is InChI=1S/C12H21O3/c1-3-4-5-6-7-8-9-15-12(14)10-11(2)13/h10H,3-9H2,1-2H3. The largest absolute Gasteiger partial charge is 0.465 e. The zero-order valence-corrected chi connectivity index (χ0v) is 9.75. The third kappa shape index (κ3) is 11.1. The summed E-state index contributed by atoms with van der Waals surface area (Å²) >= 11 is 0. The number of hydrogen-bond donors (Lipinski definition) is 0. The van der Waals surface area contributed by atoms with Gasteiger partial charge in [-0.15, -0.1) is 0 Å². The molecule has 3 nitrogen and oxygen atoms in total. The van der Waals surface area contributed by atoms with Gasteiger partial charge in [0.15, 0.2) is 0 Å². The average Bonchev–Trinajstić information content (AvgIpc) is 2.15. The van der Waals surface area contributed by atoms with Gasteiger partial charge in [-0.2, -0.15) is 0 Å². The van der Waals surface area contributed by atoms with Crippen molar-refractivity contribution < 1.29 is 14.3 Å². The zero-order valence-electron chi connectivity index (χ0n) is 9.75. The molecule has 0 spiro atoms. The van der Waals surface area contributed by atoms with Gasteiger partial charge in [0.25, 0.3) is 0 Å². The Morgan fingerprint density at radius 3 is 2.27 bits per heavy atom. The maximum absolute atomic E-state index is 10.9. The molecule has 1 radical (unpaired) electrons. The van der Waals surface area contributed by atoms with Crippen LogP contribution in [-0.4, -0.2) is 18.4 Å². The summed E-state index contributed by atoms with van der Waals surface area (Å²) in [5.41, 5.74) is 0. The number of ether oxygens (including phenoxy) is 1. The van der Waals surface area contributed by atoms with E-state index in [0.717, 1.165) is 19.3 Å². The van der Waals surface area contributed by atoms with E-state index in [2.05, 4.69) is 6.92 Å². The van der Waals surface area contributed by atoms with Crippen molar-refractivity contribution in [1.29, 1.82) is 0 Å². The minimum Gasteiger partial charge on any atom is -0.465 e. The van der Waals surface area contributed by atoms with Gasteiger partial charge in [-0.05, 0) is 13.3 Å². The van der Waals surface area contributed by atoms with Gasteiger partial charge in [0.1, 0.15) is 12.2 Å². The highest BCUT2D eigenvalue weighted by molar-refractivity contribution is 6.05. The van der Waals surface area contributed by atoms with Crippen molar-refractivity contribution >= 4 is 11.8 Å². The smallest absolute Gasteiger partial charge is 0.317 e. The van der Waals surface area contributed by atoms with Gasteiger partial charge >= 0.3 is 5.97 Å².